The van der Waals surface area contributed by atoms with Gasteiger partial charge in [0.25, 0.3) is 0 Å². The first-order chi connectivity index (χ1) is 14.1. The van der Waals surface area contributed by atoms with Gasteiger partial charge in [-0.1, -0.05) is 66.7 Å². The molecule has 0 aliphatic carbocycles. The van der Waals surface area contributed by atoms with E-state index in [1.807, 2.05) is 66.7 Å². The number of hydrogen-bond donors (Lipinski definition) is 1. The van der Waals surface area contributed by atoms with Gasteiger partial charge in [0.05, 0.1) is 5.69 Å². The summed E-state index contributed by atoms with van der Waals surface area (Å²) in [5.41, 5.74) is 3.07. The van der Waals surface area contributed by atoms with E-state index in [4.69, 9.17) is 4.42 Å². The summed E-state index contributed by atoms with van der Waals surface area (Å²) in [5, 5.41) is 4.10. The standard InChI is InChI=1S/C25H20FNO2/c1-17-13-14-19(16-21(17)26)24(28)25-23(20-11-5-6-12-22(20)29-25)27-15-7-10-18-8-3-2-4-9-18/h2-14,16,27H,15H2,1H3/b10-7+. The average Bonchev–Trinajstić information content (AvgIpc) is 3.12. The zero-order chi connectivity index (χ0) is 20.2. The first-order valence-electron chi connectivity index (χ1n) is 9.41. The molecule has 0 radical (unpaired) electrons. The number of rotatable bonds is 6. The summed E-state index contributed by atoms with van der Waals surface area (Å²) in [6.07, 6.45) is 3.99. The fourth-order valence-electron chi connectivity index (χ4n) is 3.17. The van der Waals surface area contributed by atoms with E-state index in [-0.39, 0.29) is 17.1 Å². The highest BCUT2D eigenvalue weighted by Crippen LogP contribution is 2.32. The maximum absolute atomic E-state index is 14.0. The van der Waals surface area contributed by atoms with Gasteiger partial charge >= 0.3 is 0 Å². The summed E-state index contributed by atoms with van der Waals surface area (Å²) in [4.78, 5) is 13.0. The van der Waals surface area contributed by atoms with E-state index in [2.05, 4.69) is 5.32 Å². The maximum Gasteiger partial charge on any atom is 0.230 e. The van der Waals surface area contributed by atoms with Crippen molar-refractivity contribution in [1.82, 2.24) is 0 Å². The summed E-state index contributed by atoms with van der Waals surface area (Å²) in [6.45, 7) is 2.18. The molecule has 29 heavy (non-hydrogen) atoms. The van der Waals surface area contributed by atoms with Gasteiger partial charge in [0, 0.05) is 17.5 Å². The van der Waals surface area contributed by atoms with Crippen molar-refractivity contribution in [3.8, 4) is 0 Å². The van der Waals surface area contributed by atoms with Crippen LogP contribution in [0.4, 0.5) is 10.1 Å². The van der Waals surface area contributed by atoms with Crippen molar-refractivity contribution in [3.63, 3.8) is 0 Å². The SMILES string of the molecule is Cc1ccc(C(=O)c2oc3ccccc3c2NC/C=C/c2ccccc2)cc1F. The lowest BCUT2D eigenvalue weighted by molar-refractivity contribution is 0.101. The molecular formula is C25H20FNO2. The zero-order valence-corrected chi connectivity index (χ0v) is 16.0. The zero-order valence-electron chi connectivity index (χ0n) is 16.0. The Morgan fingerprint density at radius 1 is 1.03 bits per heavy atom. The number of benzene rings is 3. The molecule has 0 fully saturated rings. The smallest absolute Gasteiger partial charge is 0.230 e. The molecule has 0 saturated heterocycles. The van der Waals surface area contributed by atoms with Crippen LogP contribution in [0.2, 0.25) is 0 Å². The number of furan rings is 1. The van der Waals surface area contributed by atoms with E-state index in [0.29, 0.717) is 23.4 Å². The van der Waals surface area contributed by atoms with Crippen LogP contribution in [0.5, 0.6) is 0 Å². The number of para-hydroxylation sites is 1. The third-order valence-corrected chi connectivity index (χ3v) is 4.74. The highest BCUT2D eigenvalue weighted by Gasteiger charge is 2.22. The number of nitrogens with one attached hydrogen (secondary N) is 1. The van der Waals surface area contributed by atoms with Gasteiger partial charge in [-0.15, -0.1) is 0 Å². The van der Waals surface area contributed by atoms with Crippen molar-refractivity contribution in [2.75, 3.05) is 11.9 Å². The summed E-state index contributed by atoms with van der Waals surface area (Å²) in [7, 11) is 0. The normalized spacial score (nSPS) is 11.2. The molecule has 4 rings (SSSR count). The summed E-state index contributed by atoms with van der Waals surface area (Å²) in [5.74, 6) is -0.579. The van der Waals surface area contributed by atoms with E-state index in [1.165, 1.54) is 6.07 Å². The Hall–Kier alpha value is -3.66. The second-order valence-electron chi connectivity index (χ2n) is 6.79. The third kappa shape index (κ3) is 3.97. The molecular weight excluding hydrogens is 365 g/mol. The molecule has 3 aromatic carbocycles. The van der Waals surface area contributed by atoms with Crippen LogP contribution in [0.15, 0.2) is 83.3 Å². The van der Waals surface area contributed by atoms with Crippen LogP contribution in [0.25, 0.3) is 17.0 Å². The Bertz CT molecular complexity index is 1190. The van der Waals surface area contributed by atoms with Crippen molar-refractivity contribution in [3.05, 3.63) is 107 Å². The lowest BCUT2D eigenvalue weighted by atomic mass is 10.0. The predicted molar refractivity (Wildman–Crippen MR) is 115 cm³/mol. The minimum atomic E-state index is -0.410. The van der Waals surface area contributed by atoms with Crippen LogP contribution < -0.4 is 5.32 Å². The van der Waals surface area contributed by atoms with Crippen molar-refractivity contribution >= 4 is 28.5 Å². The number of ketones is 1. The highest BCUT2D eigenvalue weighted by molar-refractivity contribution is 6.14. The molecule has 0 aliphatic heterocycles. The van der Waals surface area contributed by atoms with E-state index in [1.54, 1.807) is 19.1 Å². The predicted octanol–water partition coefficient (Wildman–Crippen LogP) is 6.24. The van der Waals surface area contributed by atoms with Crippen LogP contribution in [0, 0.1) is 12.7 Å². The Balaban J connectivity index is 1.64. The maximum atomic E-state index is 14.0. The Morgan fingerprint density at radius 3 is 2.59 bits per heavy atom. The quantitative estimate of drug-likeness (QED) is 0.400. The number of anilines is 1. The minimum Gasteiger partial charge on any atom is -0.450 e. The lowest BCUT2D eigenvalue weighted by Crippen LogP contribution is -2.06. The molecule has 0 spiro atoms. The van der Waals surface area contributed by atoms with Gasteiger partial charge in [0.2, 0.25) is 5.78 Å². The molecule has 1 heterocycles. The van der Waals surface area contributed by atoms with Crippen molar-refractivity contribution in [2.24, 2.45) is 0 Å². The van der Waals surface area contributed by atoms with Crippen LogP contribution in [-0.2, 0) is 0 Å². The molecule has 0 atom stereocenters. The minimum absolute atomic E-state index is 0.183. The number of aryl methyl sites for hydroxylation is 1. The first-order valence-corrected chi connectivity index (χ1v) is 9.41. The molecule has 3 nitrogen and oxygen atoms in total. The van der Waals surface area contributed by atoms with E-state index < -0.39 is 5.82 Å². The number of hydrogen-bond acceptors (Lipinski definition) is 3. The lowest BCUT2D eigenvalue weighted by Gasteiger charge is -2.06. The molecule has 0 aliphatic rings. The van der Waals surface area contributed by atoms with Gasteiger partial charge in [0.1, 0.15) is 11.4 Å². The number of carbonyl (C=O) groups excluding carboxylic acids is 1. The fraction of sp³-hybridized carbons (Fsp3) is 0.0800. The Morgan fingerprint density at radius 2 is 1.79 bits per heavy atom. The van der Waals surface area contributed by atoms with Gasteiger partial charge in [-0.3, -0.25) is 4.79 Å². The molecule has 0 bridgehead atoms. The van der Waals surface area contributed by atoms with E-state index >= 15 is 0 Å². The molecule has 4 heteroatoms. The van der Waals surface area contributed by atoms with Gasteiger partial charge in [-0.25, -0.2) is 4.39 Å². The van der Waals surface area contributed by atoms with E-state index in [9.17, 15) is 9.18 Å². The first kappa shape index (κ1) is 18.7. The summed E-state index contributed by atoms with van der Waals surface area (Å²) in [6, 6.07) is 21.9. The second kappa shape index (κ2) is 8.15. The molecule has 0 amide bonds. The van der Waals surface area contributed by atoms with Gasteiger partial charge in [-0.05, 0) is 36.2 Å². The van der Waals surface area contributed by atoms with Gasteiger partial charge in [-0.2, -0.15) is 0 Å². The molecule has 1 aromatic heterocycles. The second-order valence-corrected chi connectivity index (χ2v) is 6.79. The molecule has 144 valence electrons. The number of halogens is 1. The number of carbonyl (C=O) groups is 1. The van der Waals surface area contributed by atoms with Crippen LogP contribution >= 0.6 is 0 Å². The average molecular weight is 385 g/mol. The number of fused-ring (bicyclic) bond motifs is 1. The van der Waals surface area contributed by atoms with Crippen molar-refractivity contribution < 1.29 is 13.6 Å². The molecule has 1 N–H and O–H groups in total. The topological polar surface area (TPSA) is 42.2 Å². The summed E-state index contributed by atoms with van der Waals surface area (Å²) >= 11 is 0. The van der Waals surface area contributed by atoms with E-state index in [0.717, 1.165) is 10.9 Å². The van der Waals surface area contributed by atoms with Crippen molar-refractivity contribution in [1.29, 1.82) is 0 Å². The van der Waals surface area contributed by atoms with Gasteiger partial charge in [0.15, 0.2) is 5.76 Å². The van der Waals surface area contributed by atoms with Crippen LogP contribution in [-0.4, -0.2) is 12.3 Å². The summed E-state index contributed by atoms with van der Waals surface area (Å²) < 4.78 is 19.8. The van der Waals surface area contributed by atoms with Crippen LogP contribution in [0.3, 0.4) is 0 Å². The third-order valence-electron chi connectivity index (χ3n) is 4.74. The van der Waals surface area contributed by atoms with Gasteiger partial charge < -0.3 is 9.73 Å². The molecule has 0 saturated carbocycles. The largest absolute Gasteiger partial charge is 0.450 e. The van der Waals surface area contributed by atoms with Crippen LogP contribution in [0.1, 0.15) is 27.2 Å². The molecule has 0 unspecified atom stereocenters. The monoisotopic (exact) mass is 385 g/mol. The fourth-order valence-corrected chi connectivity index (χ4v) is 3.17. The van der Waals surface area contributed by atoms with Crippen molar-refractivity contribution in [2.45, 2.75) is 6.92 Å². The Kier molecular flexibility index (Phi) is 5.25. The molecule has 4 aromatic rings. The Labute approximate surface area is 168 Å². The highest BCUT2D eigenvalue weighted by atomic mass is 19.1.